The summed E-state index contributed by atoms with van der Waals surface area (Å²) in [7, 11) is 1.85. The van der Waals surface area contributed by atoms with Crippen molar-refractivity contribution in [1.29, 1.82) is 0 Å². The van der Waals surface area contributed by atoms with E-state index >= 15 is 0 Å². The van der Waals surface area contributed by atoms with Gasteiger partial charge in [0.25, 0.3) is 0 Å². The van der Waals surface area contributed by atoms with Crippen LogP contribution in [0.2, 0.25) is 0 Å². The average molecular weight is 210 g/mol. The van der Waals surface area contributed by atoms with Crippen LogP contribution in [0.3, 0.4) is 0 Å². The van der Waals surface area contributed by atoms with Crippen LogP contribution in [0.4, 0.5) is 0 Å². The van der Waals surface area contributed by atoms with Gasteiger partial charge in [0.2, 0.25) is 5.91 Å². The van der Waals surface area contributed by atoms with Gasteiger partial charge in [-0.3, -0.25) is 9.48 Å². The third-order valence-corrected chi connectivity index (χ3v) is 1.91. The third-order valence-electron chi connectivity index (χ3n) is 1.91. The smallest absolute Gasteiger partial charge is 0.234 e. The zero-order valence-electron chi connectivity index (χ0n) is 9.45. The molecular formula is C10H18N4O. The number of carbonyl (C=O) groups is 1. The maximum Gasteiger partial charge on any atom is 0.234 e. The highest BCUT2D eigenvalue weighted by Crippen LogP contribution is 1.92. The zero-order valence-corrected chi connectivity index (χ0v) is 9.45. The quantitative estimate of drug-likeness (QED) is 0.721. The van der Waals surface area contributed by atoms with E-state index in [0.717, 1.165) is 5.69 Å². The number of nitrogens with one attached hydrogen (secondary N) is 2. The molecule has 5 nitrogen and oxygen atoms in total. The van der Waals surface area contributed by atoms with Crippen LogP contribution in [0.15, 0.2) is 12.3 Å². The SMILES string of the molecule is CC(C)NCC(=O)NCc1ccn(C)n1. The largest absolute Gasteiger partial charge is 0.349 e. The van der Waals surface area contributed by atoms with Crippen LogP contribution >= 0.6 is 0 Å². The molecule has 1 aromatic heterocycles. The Labute approximate surface area is 89.9 Å². The summed E-state index contributed by atoms with van der Waals surface area (Å²) in [6, 6.07) is 2.21. The second kappa shape index (κ2) is 5.50. The van der Waals surface area contributed by atoms with Crippen LogP contribution in [0, 0.1) is 0 Å². The molecule has 0 aromatic carbocycles. The Morgan fingerprint density at radius 2 is 2.33 bits per heavy atom. The van der Waals surface area contributed by atoms with E-state index in [1.165, 1.54) is 0 Å². The highest BCUT2D eigenvalue weighted by atomic mass is 16.1. The normalized spacial score (nSPS) is 10.7. The van der Waals surface area contributed by atoms with Gasteiger partial charge in [-0.25, -0.2) is 0 Å². The van der Waals surface area contributed by atoms with Crippen molar-refractivity contribution in [2.75, 3.05) is 6.54 Å². The number of aromatic nitrogens is 2. The van der Waals surface area contributed by atoms with E-state index in [1.54, 1.807) is 4.68 Å². The molecule has 1 amide bonds. The summed E-state index contributed by atoms with van der Waals surface area (Å²) in [4.78, 5) is 11.3. The number of hydrogen-bond donors (Lipinski definition) is 2. The molecule has 84 valence electrons. The molecule has 1 aromatic rings. The van der Waals surface area contributed by atoms with Gasteiger partial charge in [-0.1, -0.05) is 13.8 Å². The standard InChI is InChI=1S/C10H18N4O/c1-8(2)11-7-10(15)12-6-9-4-5-14(3)13-9/h4-5,8,11H,6-7H2,1-3H3,(H,12,15). The van der Waals surface area contributed by atoms with Gasteiger partial charge in [0, 0.05) is 19.3 Å². The van der Waals surface area contributed by atoms with Crippen molar-refractivity contribution in [3.63, 3.8) is 0 Å². The second-order valence-corrected chi connectivity index (χ2v) is 3.79. The van der Waals surface area contributed by atoms with Crippen LogP contribution in [0.1, 0.15) is 19.5 Å². The van der Waals surface area contributed by atoms with E-state index in [-0.39, 0.29) is 5.91 Å². The van der Waals surface area contributed by atoms with E-state index in [9.17, 15) is 4.79 Å². The lowest BCUT2D eigenvalue weighted by molar-refractivity contribution is -0.120. The van der Waals surface area contributed by atoms with Crippen LogP contribution in [0.5, 0.6) is 0 Å². The number of hydrogen-bond acceptors (Lipinski definition) is 3. The fraction of sp³-hybridized carbons (Fsp3) is 0.600. The molecule has 2 N–H and O–H groups in total. The van der Waals surface area contributed by atoms with Gasteiger partial charge in [0.05, 0.1) is 18.8 Å². The second-order valence-electron chi connectivity index (χ2n) is 3.79. The summed E-state index contributed by atoms with van der Waals surface area (Å²) >= 11 is 0. The highest BCUT2D eigenvalue weighted by Gasteiger charge is 2.03. The van der Waals surface area contributed by atoms with E-state index in [2.05, 4.69) is 15.7 Å². The number of aryl methyl sites for hydroxylation is 1. The lowest BCUT2D eigenvalue weighted by Gasteiger charge is -2.07. The van der Waals surface area contributed by atoms with Gasteiger partial charge >= 0.3 is 0 Å². The minimum atomic E-state index is -0.00523. The van der Waals surface area contributed by atoms with Gasteiger partial charge in [-0.05, 0) is 6.07 Å². The number of amides is 1. The van der Waals surface area contributed by atoms with Crippen LogP contribution in [0.25, 0.3) is 0 Å². The molecule has 0 radical (unpaired) electrons. The van der Waals surface area contributed by atoms with Crippen molar-refractivity contribution in [3.8, 4) is 0 Å². The molecule has 0 aliphatic rings. The molecule has 1 heterocycles. The van der Waals surface area contributed by atoms with Crippen molar-refractivity contribution >= 4 is 5.91 Å². The Hall–Kier alpha value is -1.36. The molecule has 15 heavy (non-hydrogen) atoms. The van der Waals surface area contributed by atoms with Gasteiger partial charge in [0.1, 0.15) is 0 Å². The maximum absolute atomic E-state index is 11.3. The summed E-state index contributed by atoms with van der Waals surface area (Å²) in [5.74, 6) is -0.00523. The predicted molar refractivity (Wildman–Crippen MR) is 58.2 cm³/mol. The number of nitrogens with zero attached hydrogens (tertiary/aromatic N) is 2. The maximum atomic E-state index is 11.3. The van der Waals surface area contributed by atoms with Crippen molar-refractivity contribution in [1.82, 2.24) is 20.4 Å². The molecule has 0 atom stereocenters. The topological polar surface area (TPSA) is 59.0 Å². The molecule has 0 aliphatic carbocycles. The lowest BCUT2D eigenvalue weighted by Crippen LogP contribution is -2.36. The minimum Gasteiger partial charge on any atom is -0.349 e. The monoisotopic (exact) mass is 210 g/mol. The fourth-order valence-corrected chi connectivity index (χ4v) is 1.11. The summed E-state index contributed by atoms with van der Waals surface area (Å²) in [6.45, 7) is 4.85. The Morgan fingerprint density at radius 1 is 1.60 bits per heavy atom. The van der Waals surface area contributed by atoms with Crippen molar-refractivity contribution in [3.05, 3.63) is 18.0 Å². The Morgan fingerprint density at radius 3 is 2.87 bits per heavy atom. The van der Waals surface area contributed by atoms with Gasteiger partial charge in [0.15, 0.2) is 0 Å². The number of rotatable bonds is 5. The first kappa shape index (κ1) is 11.7. The Kier molecular flexibility index (Phi) is 4.30. The molecule has 0 spiro atoms. The van der Waals surface area contributed by atoms with Gasteiger partial charge in [-0.15, -0.1) is 0 Å². The molecule has 0 fully saturated rings. The van der Waals surface area contributed by atoms with Crippen LogP contribution in [-0.4, -0.2) is 28.3 Å². The van der Waals surface area contributed by atoms with Crippen LogP contribution < -0.4 is 10.6 Å². The first-order valence-electron chi connectivity index (χ1n) is 5.06. The molecule has 0 bridgehead atoms. The van der Waals surface area contributed by atoms with Crippen molar-refractivity contribution in [2.24, 2.45) is 7.05 Å². The van der Waals surface area contributed by atoms with Crippen LogP contribution in [-0.2, 0) is 18.4 Å². The van der Waals surface area contributed by atoms with E-state index < -0.39 is 0 Å². The fourth-order valence-electron chi connectivity index (χ4n) is 1.11. The minimum absolute atomic E-state index is 0.00523. The molecule has 0 saturated heterocycles. The molecule has 0 aliphatic heterocycles. The lowest BCUT2D eigenvalue weighted by atomic mass is 10.4. The number of carbonyl (C=O) groups excluding carboxylic acids is 1. The van der Waals surface area contributed by atoms with E-state index in [0.29, 0.717) is 19.1 Å². The van der Waals surface area contributed by atoms with E-state index in [1.807, 2.05) is 33.2 Å². The highest BCUT2D eigenvalue weighted by molar-refractivity contribution is 5.77. The summed E-state index contributed by atoms with van der Waals surface area (Å²) in [5, 5.41) is 10.00. The molecule has 5 heteroatoms. The van der Waals surface area contributed by atoms with E-state index in [4.69, 9.17) is 0 Å². The summed E-state index contributed by atoms with van der Waals surface area (Å²) in [5.41, 5.74) is 0.871. The van der Waals surface area contributed by atoms with Gasteiger partial charge in [-0.2, -0.15) is 5.10 Å². The molecular weight excluding hydrogens is 192 g/mol. The first-order chi connectivity index (χ1) is 7.08. The zero-order chi connectivity index (χ0) is 11.3. The van der Waals surface area contributed by atoms with Crippen molar-refractivity contribution in [2.45, 2.75) is 26.4 Å². The predicted octanol–water partition coefficient (Wildman–Crippen LogP) is 0.0343. The molecule has 1 rings (SSSR count). The molecule has 0 saturated carbocycles. The van der Waals surface area contributed by atoms with Gasteiger partial charge < -0.3 is 10.6 Å². The summed E-state index contributed by atoms with van der Waals surface area (Å²) in [6.07, 6.45) is 1.86. The third kappa shape index (κ3) is 4.60. The average Bonchev–Trinajstić information content (AvgIpc) is 2.58. The Bertz CT molecular complexity index is 319. The summed E-state index contributed by atoms with van der Waals surface area (Å²) < 4.78 is 1.72. The molecule has 0 unspecified atom stereocenters. The first-order valence-corrected chi connectivity index (χ1v) is 5.06. The van der Waals surface area contributed by atoms with Crippen molar-refractivity contribution < 1.29 is 4.79 Å². The Balaban J connectivity index is 2.22.